The number of alkyl halides is 2. The van der Waals surface area contributed by atoms with Crippen LogP contribution >= 0.6 is 23.2 Å². The Morgan fingerprint density at radius 2 is 2.12 bits per heavy atom. The highest BCUT2D eigenvalue weighted by atomic mass is 35.5. The van der Waals surface area contributed by atoms with Crippen molar-refractivity contribution in [2.24, 2.45) is 0 Å². The van der Waals surface area contributed by atoms with E-state index >= 15 is 0 Å². The molecule has 0 heterocycles. The lowest BCUT2D eigenvalue weighted by molar-refractivity contribution is -0.116. The average Bonchev–Trinajstić information content (AvgIpc) is 1.67. The summed E-state index contributed by atoms with van der Waals surface area (Å²) in [5.74, 6) is -0.511. The van der Waals surface area contributed by atoms with E-state index in [1.807, 2.05) is 0 Å². The van der Waals surface area contributed by atoms with Crippen LogP contribution in [0.1, 0.15) is 6.42 Å². The molecule has 0 amide bonds. The summed E-state index contributed by atoms with van der Waals surface area (Å²) in [6, 6.07) is 0. The first-order chi connectivity index (χ1) is 3.68. The zero-order valence-electron chi connectivity index (χ0n) is 3.86. The highest BCUT2D eigenvalue weighted by Gasteiger charge is 2.09. The molecule has 1 radical (unpaired) electrons. The Morgan fingerprint density at radius 1 is 1.62 bits per heavy atom. The fraction of sp³-hybridized carbons (Fsp3) is 0.500. The molecule has 0 atom stereocenters. The minimum absolute atomic E-state index is 0.322. The van der Waals surface area contributed by atoms with Gasteiger partial charge in [0, 0.05) is 0 Å². The van der Waals surface area contributed by atoms with E-state index in [1.54, 1.807) is 0 Å². The molecule has 0 spiro atoms. The largest absolute Gasteiger partial charge is 0.296 e. The molecule has 0 fully saturated rings. The van der Waals surface area contributed by atoms with Crippen LogP contribution in [0.4, 0.5) is 0 Å². The van der Waals surface area contributed by atoms with Gasteiger partial charge in [0.05, 0.1) is 6.42 Å². The molecule has 0 bridgehead atoms. The Morgan fingerprint density at radius 3 is 2.25 bits per heavy atom. The summed E-state index contributed by atoms with van der Waals surface area (Å²) < 4.78 is 0. The molecule has 0 saturated heterocycles. The van der Waals surface area contributed by atoms with Crippen molar-refractivity contribution in [3.05, 3.63) is 0 Å². The monoisotopic (exact) mass is 153 g/mol. The molecule has 8 heavy (non-hydrogen) atoms. The third kappa shape index (κ3) is 2.99. The maximum Gasteiger partial charge on any atom is 0.206 e. The van der Waals surface area contributed by atoms with Crippen LogP contribution < -0.4 is 0 Å². The average molecular weight is 154 g/mol. The number of hydrogen-bond donors (Lipinski definition) is 0. The maximum absolute atomic E-state index is 10.2. The van der Waals surface area contributed by atoms with Crippen molar-refractivity contribution < 1.29 is 9.59 Å². The molecule has 2 nitrogen and oxygen atoms in total. The number of halogens is 2. The van der Waals surface area contributed by atoms with Gasteiger partial charge < -0.3 is 0 Å². The van der Waals surface area contributed by atoms with Crippen molar-refractivity contribution in [2.75, 3.05) is 0 Å². The quantitative estimate of drug-likeness (QED) is 0.446. The van der Waals surface area contributed by atoms with E-state index in [-0.39, 0.29) is 6.42 Å². The number of hydrogen-bond acceptors (Lipinski definition) is 2. The number of rotatable bonds is 3. The first kappa shape index (κ1) is 7.92. The van der Waals surface area contributed by atoms with Crippen LogP contribution in [-0.4, -0.2) is 16.9 Å². The highest BCUT2D eigenvalue weighted by molar-refractivity contribution is 6.54. The number of carbonyl (C=O) groups is 1. The molecule has 45 valence electrons. The third-order valence-electron chi connectivity index (χ3n) is 0.490. The normalized spacial score (nSPS) is 9.38. The Bertz CT molecular complexity index is 100. The zero-order valence-corrected chi connectivity index (χ0v) is 5.37. The lowest BCUT2D eigenvalue weighted by Gasteiger charge is -1.90. The number of carbonyl (C=O) groups excluding carboxylic acids is 2. The van der Waals surface area contributed by atoms with Crippen LogP contribution in [0.25, 0.3) is 0 Å². The van der Waals surface area contributed by atoms with Crippen LogP contribution in [0.2, 0.25) is 0 Å². The maximum atomic E-state index is 10.2. The molecular weight excluding hydrogens is 151 g/mol. The van der Waals surface area contributed by atoms with Crippen molar-refractivity contribution in [3.63, 3.8) is 0 Å². The molecule has 0 aromatic carbocycles. The minimum atomic E-state index is -1.09. The predicted molar refractivity (Wildman–Crippen MR) is 30.8 cm³/mol. The third-order valence-corrected chi connectivity index (χ3v) is 0.977. The van der Waals surface area contributed by atoms with Crippen molar-refractivity contribution in [3.8, 4) is 0 Å². The SMILES string of the molecule is O=[C]CC(=O)C(Cl)Cl. The first-order valence-corrected chi connectivity index (χ1v) is 2.71. The van der Waals surface area contributed by atoms with Crippen LogP contribution in [0.15, 0.2) is 0 Å². The Hall–Kier alpha value is -0.0800. The molecular formula is C4H3Cl2O2. The van der Waals surface area contributed by atoms with Crippen molar-refractivity contribution >= 4 is 35.3 Å². The Labute approximate surface area is 56.8 Å². The van der Waals surface area contributed by atoms with Gasteiger partial charge in [-0.05, 0) is 0 Å². The second-order valence-electron chi connectivity index (χ2n) is 1.09. The summed E-state index contributed by atoms with van der Waals surface area (Å²) in [7, 11) is 0. The standard InChI is InChI=1S/C4H3Cl2O2/c5-4(6)3(8)1-2-7/h4H,1H2. The van der Waals surface area contributed by atoms with E-state index < -0.39 is 10.6 Å². The van der Waals surface area contributed by atoms with Gasteiger partial charge in [0.2, 0.25) is 6.29 Å². The predicted octanol–water partition coefficient (Wildman–Crippen LogP) is 0.859. The molecule has 0 aliphatic heterocycles. The molecule has 0 aromatic rings. The van der Waals surface area contributed by atoms with Gasteiger partial charge in [0.25, 0.3) is 0 Å². The molecule has 0 aromatic heterocycles. The molecule has 0 aliphatic carbocycles. The van der Waals surface area contributed by atoms with Gasteiger partial charge in [-0.2, -0.15) is 0 Å². The molecule has 0 aliphatic rings. The lowest BCUT2D eigenvalue weighted by atomic mass is 10.3. The summed E-state index contributed by atoms with van der Waals surface area (Å²) >= 11 is 10.1. The summed E-state index contributed by atoms with van der Waals surface area (Å²) in [5, 5.41) is 0. The van der Waals surface area contributed by atoms with E-state index in [1.165, 1.54) is 6.29 Å². The van der Waals surface area contributed by atoms with E-state index in [0.717, 1.165) is 0 Å². The second-order valence-corrected chi connectivity index (χ2v) is 2.18. The Kier molecular flexibility index (Phi) is 3.83. The van der Waals surface area contributed by atoms with Crippen LogP contribution in [-0.2, 0) is 9.59 Å². The summed E-state index contributed by atoms with van der Waals surface area (Å²) in [4.78, 5) is 18.6. The van der Waals surface area contributed by atoms with Gasteiger partial charge in [-0.25, -0.2) is 0 Å². The smallest absolute Gasteiger partial charge is 0.206 e. The van der Waals surface area contributed by atoms with Gasteiger partial charge in [0.1, 0.15) is 0 Å². The van der Waals surface area contributed by atoms with Crippen LogP contribution in [0, 0.1) is 0 Å². The fourth-order valence-corrected chi connectivity index (χ4v) is 0.303. The lowest BCUT2D eigenvalue weighted by Crippen LogP contribution is -2.06. The topological polar surface area (TPSA) is 34.1 Å². The highest BCUT2D eigenvalue weighted by Crippen LogP contribution is 2.03. The molecule has 0 rings (SSSR count). The summed E-state index contributed by atoms with van der Waals surface area (Å²) in [5.41, 5.74) is 0. The van der Waals surface area contributed by atoms with Gasteiger partial charge in [-0.15, -0.1) is 0 Å². The second kappa shape index (κ2) is 3.87. The van der Waals surface area contributed by atoms with E-state index in [9.17, 15) is 9.59 Å². The van der Waals surface area contributed by atoms with Crippen molar-refractivity contribution in [1.29, 1.82) is 0 Å². The van der Waals surface area contributed by atoms with Gasteiger partial charge in [-0.1, -0.05) is 23.2 Å². The van der Waals surface area contributed by atoms with E-state index in [0.29, 0.717) is 0 Å². The first-order valence-electron chi connectivity index (χ1n) is 1.84. The minimum Gasteiger partial charge on any atom is -0.296 e. The fourth-order valence-electron chi connectivity index (χ4n) is 0.148. The van der Waals surface area contributed by atoms with Gasteiger partial charge in [-0.3, -0.25) is 9.59 Å². The molecule has 0 unspecified atom stereocenters. The molecule has 4 heteroatoms. The van der Waals surface area contributed by atoms with Crippen molar-refractivity contribution in [2.45, 2.75) is 11.3 Å². The number of Topliss-reactive ketones (excluding diaryl/α,β-unsaturated/α-hetero) is 1. The summed E-state index contributed by atoms with van der Waals surface area (Å²) in [6.07, 6.45) is 1.06. The van der Waals surface area contributed by atoms with Gasteiger partial charge >= 0.3 is 0 Å². The summed E-state index contributed by atoms with van der Waals surface area (Å²) in [6.45, 7) is 0. The van der Waals surface area contributed by atoms with Crippen LogP contribution in [0.5, 0.6) is 0 Å². The zero-order chi connectivity index (χ0) is 6.57. The van der Waals surface area contributed by atoms with E-state index in [4.69, 9.17) is 23.2 Å². The molecule has 0 saturated carbocycles. The van der Waals surface area contributed by atoms with Crippen molar-refractivity contribution in [1.82, 2.24) is 0 Å². The van der Waals surface area contributed by atoms with Crippen LogP contribution in [0.3, 0.4) is 0 Å². The van der Waals surface area contributed by atoms with E-state index in [2.05, 4.69) is 0 Å². The Balaban J connectivity index is 3.48. The molecule has 0 N–H and O–H groups in total. The number of ketones is 1. The van der Waals surface area contributed by atoms with Gasteiger partial charge in [0.15, 0.2) is 10.6 Å².